The number of benzene rings is 3. The lowest BCUT2D eigenvalue weighted by molar-refractivity contribution is -0.0391. The highest BCUT2D eigenvalue weighted by Crippen LogP contribution is 2.60. The topological polar surface area (TPSA) is 116 Å². The summed E-state index contributed by atoms with van der Waals surface area (Å²) in [6.45, 7) is 4.03. The summed E-state index contributed by atoms with van der Waals surface area (Å²) in [5.74, 6) is 2.20. The summed E-state index contributed by atoms with van der Waals surface area (Å²) in [5.41, 5.74) is 3.18. The molecule has 1 amide bonds. The van der Waals surface area contributed by atoms with Gasteiger partial charge in [0.1, 0.15) is 5.75 Å². The molecule has 47 heavy (non-hydrogen) atoms. The van der Waals surface area contributed by atoms with Crippen LogP contribution in [0.4, 0.5) is 5.82 Å². The van der Waals surface area contributed by atoms with Crippen molar-refractivity contribution >= 4 is 32.5 Å². The number of phenolic OH excluding ortho intramolecular Hbond substituents is 1. The Labute approximate surface area is 276 Å². The number of amides is 1. The van der Waals surface area contributed by atoms with E-state index in [1.54, 1.807) is 24.3 Å². The first-order valence-electron chi connectivity index (χ1n) is 16.9. The van der Waals surface area contributed by atoms with Crippen LogP contribution in [0.15, 0.2) is 72.8 Å². The van der Waals surface area contributed by atoms with Gasteiger partial charge in [-0.1, -0.05) is 48.5 Å². The number of hydrogen-bond donors (Lipinski definition) is 2. The number of aromatic nitrogens is 2. The Morgan fingerprint density at radius 1 is 0.830 bits per heavy atom. The number of rotatable bonds is 8. The van der Waals surface area contributed by atoms with Crippen molar-refractivity contribution in [2.45, 2.75) is 45.1 Å². The van der Waals surface area contributed by atoms with E-state index in [1.165, 1.54) is 30.2 Å². The van der Waals surface area contributed by atoms with Gasteiger partial charge in [-0.3, -0.25) is 9.69 Å². The number of phenols is 1. The van der Waals surface area contributed by atoms with Crippen LogP contribution in [0.5, 0.6) is 5.75 Å². The van der Waals surface area contributed by atoms with Crippen molar-refractivity contribution in [2.75, 3.05) is 36.8 Å². The van der Waals surface area contributed by atoms with Crippen molar-refractivity contribution in [1.82, 2.24) is 19.8 Å². The molecule has 0 atom stereocenters. The summed E-state index contributed by atoms with van der Waals surface area (Å²) in [5, 5.41) is 20.8. The van der Waals surface area contributed by atoms with E-state index in [4.69, 9.17) is 0 Å². The van der Waals surface area contributed by atoms with Crippen LogP contribution < -0.4 is 9.62 Å². The Morgan fingerprint density at radius 2 is 1.53 bits per heavy atom. The lowest BCUT2D eigenvalue weighted by Crippen LogP contribution is -2.51. The number of carbonyl (C=O) groups is 1. The number of anilines is 1. The van der Waals surface area contributed by atoms with Gasteiger partial charge in [0, 0.05) is 32.7 Å². The molecule has 2 N–H and O–H groups in total. The van der Waals surface area contributed by atoms with Crippen LogP contribution in [0.1, 0.15) is 54.6 Å². The summed E-state index contributed by atoms with van der Waals surface area (Å²) in [7, 11) is -3.78. The number of aromatic hydroxyl groups is 1. The average Bonchev–Trinajstić information content (AvgIpc) is 3.04. The van der Waals surface area contributed by atoms with E-state index in [2.05, 4.69) is 61.1 Å². The van der Waals surface area contributed by atoms with Crippen LogP contribution in [0.3, 0.4) is 0 Å². The monoisotopic (exact) mass is 651 g/mol. The van der Waals surface area contributed by atoms with Gasteiger partial charge in [-0.05, 0) is 113 Å². The molecule has 4 bridgehead atoms. The number of fused-ring (bicyclic) bond motifs is 1. The van der Waals surface area contributed by atoms with E-state index >= 15 is 0 Å². The lowest BCUT2D eigenvalue weighted by atomic mass is 9.50. The second-order valence-corrected chi connectivity index (χ2v) is 16.2. The molecule has 5 fully saturated rings. The molecule has 4 saturated carbocycles. The van der Waals surface area contributed by atoms with E-state index < -0.39 is 15.9 Å². The predicted octanol–water partition coefficient (Wildman–Crippen LogP) is 5.60. The molecule has 1 aliphatic heterocycles. The van der Waals surface area contributed by atoms with Gasteiger partial charge in [-0.15, -0.1) is 10.2 Å². The molecule has 244 valence electrons. The Morgan fingerprint density at radius 3 is 2.19 bits per heavy atom. The van der Waals surface area contributed by atoms with Crippen molar-refractivity contribution in [2.24, 2.45) is 23.2 Å². The van der Waals surface area contributed by atoms with Crippen LogP contribution in [-0.4, -0.2) is 66.5 Å². The van der Waals surface area contributed by atoms with E-state index in [0.717, 1.165) is 68.5 Å². The van der Waals surface area contributed by atoms with Gasteiger partial charge in [-0.25, -0.2) is 13.1 Å². The Kier molecular flexibility index (Phi) is 7.68. The van der Waals surface area contributed by atoms with Crippen molar-refractivity contribution in [3.8, 4) is 16.9 Å². The Balaban J connectivity index is 0.879. The first-order chi connectivity index (χ1) is 22.7. The summed E-state index contributed by atoms with van der Waals surface area (Å²) in [4.78, 5) is 17.5. The number of carbonyl (C=O) groups excluding carboxylic acids is 1. The zero-order valence-electron chi connectivity index (χ0n) is 26.5. The molecular formula is C37H41N5O4S. The third kappa shape index (κ3) is 6.21. The van der Waals surface area contributed by atoms with Crippen LogP contribution in [-0.2, 0) is 16.6 Å². The summed E-state index contributed by atoms with van der Waals surface area (Å²) < 4.78 is 28.6. The standard InChI is InChI=1S/C37H41N5O4S/c43-30-5-3-4-28(19-30)32-9-8-29(31-6-1-2-7-33(31)32)23-41-12-14-42(15-13-41)35-11-10-34(38-39-35)36(44)40-47(45,46)24-37-20-25-16-26(21-37)18-27(17-25)22-37/h1-11,19,25-27,43H,12-18,20-24H2,(H,40,44). The van der Waals surface area contributed by atoms with E-state index in [9.17, 15) is 18.3 Å². The number of nitrogens with zero attached hydrogens (tertiary/aromatic N) is 4. The molecule has 5 aliphatic rings. The predicted molar refractivity (Wildman–Crippen MR) is 182 cm³/mol. The Hall–Kier alpha value is -4.02. The average molecular weight is 652 g/mol. The van der Waals surface area contributed by atoms with Crippen LogP contribution in [0.25, 0.3) is 21.9 Å². The molecule has 1 saturated heterocycles. The quantitative estimate of drug-likeness (QED) is 0.253. The molecule has 3 aromatic carbocycles. The normalized spacial score (nSPS) is 25.7. The number of sulfonamides is 1. The highest BCUT2D eigenvalue weighted by Gasteiger charge is 2.52. The molecule has 10 heteroatoms. The fourth-order valence-electron chi connectivity index (χ4n) is 9.51. The zero-order chi connectivity index (χ0) is 32.2. The number of hydrogen-bond acceptors (Lipinski definition) is 8. The minimum absolute atomic E-state index is 0.0162. The molecule has 1 aromatic heterocycles. The van der Waals surface area contributed by atoms with Gasteiger partial charge in [0.2, 0.25) is 10.0 Å². The molecule has 9 nitrogen and oxygen atoms in total. The molecule has 4 aliphatic carbocycles. The van der Waals surface area contributed by atoms with Crippen LogP contribution in [0.2, 0.25) is 0 Å². The van der Waals surface area contributed by atoms with Crippen LogP contribution in [0, 0.1) is 23.2 Å². The maximum absolute atomic E-state index is 13.1. The lowest BCUT2D eigenvalue weighted by Gasteiger charge is -2.56. The molecule has 2 heterocycles. The SMILES string of the molecule is O=C(NS(=O)(=O)CC12CC3CC(CC(C3)C1)C2)c1ccc(N2CCN(Cc3ccc(-c4cccc(O)c4)c4ccccc34)CC2)nn1. The number of piperazine rings is 1. The van der Waals surface area contributed by atoms with E-state index in [0.29, 0.717) is 23.6 Å². The van der Waals surface area contributed by atoms with Crippen LogP contribution >= 0.6 is 0 Å². The summed E-state index contributed by atoms with van der Waals surface area (Å²) >= 11 is 0. The summed E-state index contributed by atoms with van der Waals surface area (Å²) in [6.07, 6.45) is 6.65. The van der Waals surface area contributed by atoms with Gasteiger partial charge in [-0.2, -0.15) is 0 Å². The largest absolute Gasteiger partial charge is 0.508 e. The zero-order valence-corrected chi connectivity index (χ0v) is 27.3. The molecule has 9 rings (SSSR count). The van der Waals surface area contributed by atoms with E-state index in [1.807, 2.05) is 12.1 Å². The maximum Gasteiger partial charge on any atom is 0.285 e. The smallest absolute Gasteiger partial charge is 0.285 e. The Bertz CT molecular complexity index is 1890. The third-order valence-electron chi connectivity index (χ3n) is 11.1. The number of nitrogens with one attached hydrogen (secondary N) is 1. The highest BCUT2D eigenvalue weighted by molar-refractivity contribution is 7.90. The van der Waals surface area contributed by atoms with Gasteiger partial charge in [0.05, 0.1) is 5.75 Å². The van der Waals surface area contributed by atoms with Crippen molar-refractivity contribution in [3.63, 3.8) is 0 Å². The first kappa shape index (κ1) is 30.3. The van der Waals surface area contributed by atoms with E-state index in [-0.39, 0.29) is 22.6 Å². The highest BCUT2D eigenvalue weighted by atomic mass is 32.2. The van der Waals surface area contributed by atoms with Crippen molar-refractivity contribution < 1.29 is 18.3 Å². The molecular weight excluding hydrogens is 611 g/mol. The van der Waals surface area contributed by atoms with Crippen molar-refractivity contribution in [1.29, 1.82) is 0 Å². The minimum atomic E-state index is -3.78. The first-order valence-corrected chi connectivity index (χ1v) is 18.5. The van der Waals surface area contributed by atoms with Gasteiger partial charge in [0.25, 0.3) is 5.91 Å². The minimum Gasteiger partial charge on any atom is -0.508 e. The second-order valence-electron chi connectivity index (χ2n) is 14.5. The molecule has 0 unspecified atom stereocenters. The van der Waals surface area contributed by atoms with Gasteiger partial charge < -0.3 is 10.0 Å². The summed E-state index contributed by atoms with van der Waals surface area (Å²) in [6, 6.07) is 23.5. The fourth-order valence-corrected chi connectivity index (χ4v) is 11.1. The van der Waals surface area contributed by atoms with Gasteiger partial charge >= 0.3 is 0 Å². The maximum atomic E-state index is 13.1. The fraction of sp³-hybridized carbons (Fsp3) is 0.432. The molecule has 0 spiro atoms. The molecule has 0 radical (unpaired) electrons. The van der Waals surface area contributed by atoms with Gasteiger partial charge in [0.15, 0.2) is 11.5 Å². The third-order valence-corrected chi connectivity index (χ3v) is 12.5. The second kappa shape index (κ2) is 11.9. The van der Waals surface area contributed by atoms with Crippen molar-refractivity contribution in [3.05, 3.63) is 84.1 Å². The molecule has 4 aromatic rings.